The van der Waals surface area contributed by atoms with Crippen LogP contribution in [0.2, 0.25) is 0 Å². The Morgan fingerprint density at radius 2 is 1.92 bits per heavy atom. The maximum absolute atomic E-state index is 11.4. The number of carbonyl (C=O) groups is 1. The van der Waals surface area contributed by atoms with E-state index in [2.05, 4.69) is 5.10 Å². The van der Waals surface area contributed by atoms with Gasteiger partial charge in [-0.05, 0) is 5.56 Å². The van der Waals surface area contributed by atoms with Crippen molar-refractivity contribution in [2.24, 2.45) is 11.8 Å². The van der Waals surface area contributed by atoms with E-state index < -0.39 is 9.84 Å². The van der Waals surface area contributed by atoms with Crippen LogP contribution in [-0.4, -0.2) is 47.5 Å². The minimum atomic E-state index is -2.86. The molecule has 2 aliphatic rings. The van der Waals surface area contributed by atoms with Crippen LogP contribution in [0, 0.1) is 11.8 Å². The topological polar surface area (TPSA) is 95.0 Å². The smallest absolute Gasteiger partial charge is 0.151 e. The molecule has 0 saturated carbocycles. The van der Waals surface area contributed by atoms with Gasteiger partial charge in [-0.15, -0.1) is 0 Å². The van der Waals surface area contributed by atoms with E-state index >= 15 is 0 Å². The van der Waals surface area contributed by atoms with Gasteiger partial charge in [-0.25, -0.2) is 8.42 Å². The number of aromatic nitrogens is 2. The Morgan fingerprint density at radius 1 is 1.24 bits per heavy atom. The highest BCUT2D eigenvalue weighted by Gasteiger charge is 2.40. The molecule has 0 radical (unpaired) electrons. The molecule has 0 aliphatic carbocycles. The van der Waals surface area contributed by atoms with Crippen LogP contribution in [0.5, 0.6) is 0 Å². The summed E-state index contributed by atoms with van der Waals surface area (Å²) < 4.78 is 24.6. The van der Waals surface area contributed by atoms with Gasteiger partial charge in [0.2, 0.25) is 0 Å². The largest absolute Gasteiger partial charge is 0.396 e. The molecule has 1 atom stereocenters. The second kappa shape index (κ2) is 7.61. The number of benzene rings is 1. The molecule has 1 aromatic heterocycles. The first kappa shape index (κ1) is 18.0. The van der Waals surface area contributed by atoms with Gasteiger partial charge in [-0.2, -0.15) is 16.9 Å². The number of carbonyl (C=O) groups excluding carboxylic acids is 1. The normalized spacial score (nSPS) is 20.5. The zero-order valence-corrected chi connectivity index (χ0v) is 15.3. The minimum Gasteiger partial charge on any atom is -0.396 e. The summed E-state index contributed by atoms with van der Waals surface area (Å²) >= 11 is 1.84. The van der Waals surface area contributed by atoms with Gasteiger partial charge in [0.25, 0.3) is 0 Å². The number of thioether (sulfide) groups is 1. The first-order valence-corrected chi connectivity index (χ1v) is 11.0. The first-order chi connectivity index (χ1) is 12.0. The van der Waals surface area contributed by atoms with Crippen LogP contribution in [0.15, 0.2) is 42.7 Å². The van der Waals surface area contributed by atoms with Gasteiger partial charge in [0, 0.05) is 29.5 Å². The van der Waals surface area contributed by atoms with Gasteiger partial charge < -0.3 is 10.5 Å². The Labute approximate surface area is 151 Å². The Kier molecular flexibility index (Phi) is 5.48. The van der Waals surface area contributed by atoms with Crippen LogP contribution < -0.4 is 5.73 Å². The van der Waals surface area contributed by atoms with Crippen molar-refractivity contribution < 1.29 is 13.2 Å². The average molecular weight is 380 g/mol. The van der Waals surface area contributed by atoms with Gasteiger partial charge >= 0.3 is 0 Å². The van der Waals surface area contributed by atoms with E-state index in [1.807, 2.05) is 42.1 Å². The Balaban J connectivity index is 0.000000258. The summed E-state index contributed by atoms with van der Waals surface area (Å²) in [5, 5.41) is 4.24. The van der Waals surface area contributed by atoms with Crippen molar-refractivity contribution in [2.45, 2.75) is 6.04 Å². The summed E-state index contributed by atoms with van der Waals surface area (Å²) in [7, 11) is -2.86. The summed E-state index contributed by atoms with van der Waals surface area (Å²) in [4.78, 5) is 9.77. The minimum absolute atomic E-state index is 0.0618. The van der Waals surface area contributed by atoms with E-state index in [4.69, 9.17) is 5.73 Å². The van der Waals surface area contributed by atoms with Crippen molar-refractivity contribution in [1.29, 1.82) is 0 Å². The third-order valence-corrected chi connectivity index (χ3v) is 7.49. The molecular formula is C17H21N3O3S2. The zero-order valence-electron chi connectivity index (χ0n) is 13.7. The number of hydrogen-bond donors (Lipinski definition) is 1. The van der Waals surface area contributed by atoms with Crippen molar-refractivity contribution in [1.82, 2.24) is 9.78 Å². The molecule has 2 saturated heterocycles. The van der Waals surface area contributed by atoms with E-state index in [-0.39, 0.29) is 23.5 Å². The molecule has 0 amide bonds. The molecule has 1 aromatic carbocycles. The lowest BCUT2D eigenvalue weighted by Gasteiger charge is -2.33. The van der Waals surface area contributed by atoms with E-state index in [9.17, 15) is 13.2 Å². The van der Waals surface area contributed by atoms with E-state index in [1.54, 1.807) is 17.1 Å². The number of hydrogen-bond acceptors (Lipinski definition) is 6. The molecule has 6 nitrogen and oxygen atoms in total. The molecule has 0 spiro atoms. The van der Waals surface area contributed by atoms with Crippen molar-refractivity contribution in [3.05, 3.63) is 48.3 Å². The van der Waals surface area contributed by atoms with Gasteiger partial charge in [0.05, 0.1) is 29.4 Å². The number of aldehydes is 1. The monoisotopic (exact) mass is 379 g/mol. The lowest BCUT2D eigenvalue weighted by atomic mass is 9.95. The molecule has 25 heavy (non-hydrogen) atoms. The van der Waals surface area contributed by atoms with E-state index in [0.717, 1.165) is 23.4 Å². The molecule has 2 aliphatic heterocycles. The van der Waals surface area contributed by atoms with Crippen molar-refractivity contribution in [2.75, 3.05) is 28.7 Å². The zero-order chi connectivity index (χ0) is 17.9. The number of anilines is 1. The second-order valence-electron chi connectivity index (χ2n) is 6.38. The third-order valence-electron chi connectivity index (χ3n) is 4.29. The Hall–Kier alpha value is -1.80. The standard InChI is InChI=1S/C13H15N3O2S.C4H6OS/c14-12-6-15-16(7-12)13(10-4-2-1-3-5-10)11-8-19(17,18)9-11;5-1-4-2-6-3-4/h1-7,11,13H,8-9,14H2;1,4H,2-3H2. The SMILES string of the molecule is Nc1cnn(C(c2ccccc2)C2CS(=O)(=O)C2)c1.O=CC1CSC1. The molecule has 2 aromatic rings. The van der Waals surface area contributed by atoms with E-state index in [0.29, 0.717) is 11.6 Å². The average Bonchev–Trinajstić information content (AvgIpc) is 2.93. The maximum atomic E-state index is 11.4. The van der Waals surface area contributed by atoms with E-state index in [1.165, 1.54) is 0 Å². The maximum Gasteiger partial charge on any atom is 0.151 e. The lowest BCUT2D eigenvalue weighted by Crippen LogP contribution is -2.42. The van der Waals surface area contributed by atoms with Crippen LogP contribution >= 0.6 is 11.8 Å². The molecule has 2 N–H and O–H groups in total. The van der Waals surface area contributed by atoms with Crippen LogP contribution in [-0.2, 0) is 14.6 Å². The van der Waals surface area contributed by atoms with Crippen LogP contribution in [0.25, 0.3) is 0 Å². The lowest BCUT2D eigenvalue weighted by molar-refractivity contribution is -0.110. The molecule has 4 rings (SSSR count). The fourth-order valence-electron chi connectivity index (χ4n) is 2.91. The predicted octanol–water partition coefficient (Wildman–Crippen LogP) is 1.65. The fourth-order valence-corrected chi connectivity index (χ4v) is 5.15. The van der Waals surface area contributed by atoms with Gasteiger partial charge in [0.1, 0.15) is 6.29 Å². The summed E-state index contributed by atoms with van der Waals surface area (Å²) in [5.41, 5.74) is 7.35. The second-order valence-corrected chi connectivity index (χ2v) is 9.61. The highest BCUT2D eigenvalue weighted by Crippen LogP contribution is 2.34. The Bertz CT molecular complexity index is 805. The molecular weight excluding hydrogens is 358 g/mol. The van der Waals surface area contributed by atoms with Gasteiger partial charge in [-0.3, -0.25) is 4.68 Å². The quantitative estimate of drug-likeness (QED) is 0.812. The summed E-state index contributed by atoms with van der Waals surface area (Å²) in [5.74, 6) is 3.01. The van der Waals surface area contributed by atoms with Gasteiger partial charge in [-0.1, -0.05) is 30.3 Å². The first-order valence-electron chi connectivity index (χ1n) is 8.06. The molecule has 134 valence electrons. The summed E-state index contributed by atoms with van der Waals surface area (Å²) in [6, 6.07) is 9.75. The molecule has 1 unspecified atom stereocenters. The number of nitrogens with two attached hydrogens (primary N) is 1. The van der Waals surface area contributed by atoms with Crippen molar-refractivity contribution in [3.63, 3.8) is 0 Å². The third kappa shape index (κ3) is 4.43. The summed E-state index contributed by atoms with van der Waals surface area (Å²) in [6.07, 6.45) is 4.38. The molecule has 8 heteroatoms. The number of nitrogens with zero attached hydrogens (tertiary/aromatic N) is 2. The van der Waals surface area contributed by atoms with Crippen molar-refractivity contribution in [3.8, 4) is 0 Å². The predicted molar refractivity (Wildman–Crippen MR) is 100 cm³/mol. The van der Waals surface area contributed by atoms with Gasteiger partial charge in [0.15, 0.2) is 9.84 Å². The summed E-state index contributed by atoms with van der Waals surface area (Å²) in [6.45, 7) is 0. The van der Waals surface area contributed by atoms with Crippen LogP contribution in [0.3, 0.4) is 0 Å². The van der Waals surface area contributed by atoms with Crippen LogP contribution in [0.4, 0.5) is 5.69 Å². The molecule has 2 fully saturated rings. The fraction of sp³-hybridized carbons (Fsp3) is 0.412. The highest BCUT2D eigenvalue weighted by atomic mass is 32.2. The van der Waals surface area contributed by atoms with Crippen LogP contribution in [0.1, 0.15) is 11.6 Å². The number of rotatable bonds is 4. The Morgan fingerprint density at radius 3 is 2.32 bits per heavy atom. The molecule has 3 heterocycles. The molecule has 0 bridgehead atoms. The van der Waals surface area contributed by atoms with Crippen molar-refractivity contribution >= 4 is 33.6 Å². The number of sulfone groups is 1. The highest BCUT2D eigenvalue weighted by molar-refractivity contribution is 8.00. The number of nitrogen functional groups attached to an aromatic ring is 1.